The van der Waals surface area contributed by atoms with Crippen LogP contribution in [0.15, 0.2) is 65.3 Å². The number of carbonyl (C=O) groups excluding carboxylic acids is 2. The highest BCUT2D eigenvalue weighted by Gasteiger charge is 2.08. The molecular formula is C17H15BrFN3O2. The summed E-state index contributed by atoms with van der Waals surface area (Å²) < 4.78 is 13.7. The van der Waals surface area contributed by atoms with Gasteiger partial charge >= 0.3 is 0 Å². The maximum Gasteiger partial charge on any atom is 0.269 e. The molecule has 0 unspecified atom stereocenters. The van der Waals surface area contributed by atoms with Gasteiger partial charge in [-0.2, -0.15) is 0 Å². The van der Waals surface area contributed by atoms with Crippen LogP contribution in [0.25, 0.3) is 0 Å². The van der Waals surface area contributed by atoms with E-state index in [0.717, 1.165) is 4.47 Å². The predicted molar refractivity (Wildman–Crippen MR) is 93.5 cm³/mol. The minimum Gasteiger partial charge on any atom is -0.326 e. The Hall–Kier alpha value is -2.67. The number of halogens is 2. The lowest BCUT2D eigenvalue weighted by Gasteiger charge is -2.11. The highest BCUT2D eigenvalue weighted by atomic mass is 79.9. The number of carbonyl (C=O) groups is 2. The van der Waals surface area contributed by atoms with Gasteiger partial charge in [0.1, 0.15) is 5.82 Å². The Labute approximate surface area is 147 Å². The van der Waals surface area contributed by atoms with Crippen LogP contribution in [-0.2, 0) is 4.79 Å². The molecule has 0 aliphatic rings. The number of amides is 2. The highest BCUT2D eigenvalue weighted by molar-refractivity contribution is 9.10. The fourth-order valence-electron chi connectivity index (χ4n) is 1.79. The zero-order valence-corrected chi connectivity index (χ0v) is 14.2. The van der Waals surface area contributed by atoms with Gasteiger partial charge in [-0.3, -0.25) is 15.0 Å². The summed E-state index contributed by atoms with van der Waals surface area (Å²) in [7, 11) is 0. The van der Waals surface area contributed by atoms with E-state index in [4.69, 9.17) is 0 Å². The zero-order chi connectivity index (χ0) is 17.5. The third-order valence-electron chi connectivity index (χ3n) is 2.96. The van der Waals surface area contributed by atoms with Crippen LogP contribution in [0, 0.1) is 5.82 Å². The van der Waals surface area contributed by atoms with Gasteiger partial charge in [-0.1, -0.05) is 22.5 Å². The highest BCUT2D eigenvalue weighted by Crippen LogP contribution is 2.14. The Morgan fingerprint density at radius 2 is 1.62 bits per heavy atom. The predicted octanol–water partition coefficient (Wildman–Crippen LogP) is 3.37. The standard InChI is InChI=1S/C17H15BrFN3O2/c1-11(10-16(23)20-15-8-4-13(18)5-9-15)21-22-17(24)12-2-6-14(19)7-3-12/h2-9,21H,1,10H2,(H,20,23)(H,22,24). The van der Waals surface area contributed by atoms with Crippen molar-refractivity contribution < 1.29 is 14.0 Å². The molecule has 3 N–H and O–H groups in total. The quantitative estimate of drug-likeness (QED) is 0.661. The molecule has 0 fully saturated rings. The monoisotopic (exact) mass is 391 g/mol. The molecular weight excluding hydrogens is 377 g/mol. The SMILES string of the molecule is C=C(CC(=O)Nc1ccc(Br)cc1)NNC(=O)c1ccc(F)cc1. The lowest BCUT2D eigenvalue weighted by Crippen LogP contribution is -2.37. The minimum absolute atomic E-state index is 0.0141. The second-order valence-electron chi connectivity index (χ2n) is 4.92. The van der Waals surface area contributed by atoms with Gasteiger partial charge in [-0.15, -0.1) is 0 Å². The van der Waals surface area contributed by atoms with E-state index < -0.39 is 11.7 Å². The Bertz CT molecular complexity index is 745. The van der Waals surface area contributed by atoms with Crippen LogP contribution in [-0.4, -0.2) is 11.8 Å². The van der Waals surface area contributed by atoms with Crippen molar-refractivity contribution in [2.24, 2.45) is 0 Å². The summed E-state index contributed by atoms with van der Waals surface area (Å²) in [5, 5.41) is 2.71. The number of hydrazine groups is 1. The molecule has 24 heavy (non-hydrogen) atoms. The summed E-state index contributed by atoms with van der Waals surface area (Å²) in [6.45, 7) is 3.68. The van der Waals surface area contributed by atoms with Gasteiger partial charge in [0.25, 0.3) is 5.91 Å². The summed E-state index contributed by atoms with van der Waals surface area (Å²) in [4.78, 5) is 23.7. The number of nitrogens with one attached hydrogen (secondary N) is 3. The van der Waals surface area contributed by atoms with Gasteiger partial charge in [0.15, 0.2) is 0 Å². The molecule has 7 heteroatoms. The van der Waals surface area contributed by atoms with Crippen LogP contribution < -0.4 is 16.2 Å². The van der Waals surface area contributed by atoms with Gasteiger partial charge in [0.05, 0.1) is 6.42 Å². The third-order valence-corrected chi connectivity index (χ3v) is 3.49. The van der Waals surface area contributed by atoms with Crippen LogP contribution in [0.4, 0.5) is 10.1 Å². The first kappa shape index (κ1) is 17.7. The van der Waals surface area contributed by atoms with Crippen molar-refractivity contribution in [1.29, 1.82) is 0 Å². The van der Waals surface area contributed by atoms with E-state index in [9.17, 15) is 14.0 Å². The van der Waals surface area contributed by atoms with Crippen molar-refractivity contribution in [3.63, 3.8) is 0 Å². The summed E-state index contributed by atoms with van der Waals surface area (Å²) in [5.41, 5.74) is 6.23. The largest absolute Gasteiger partial charge is 0.326 e. The van der Waals surface area contributed by atoms with Crippen molar-refractivity contribution in [2.45, 2.75) is 6.42 Å². The van der Waals surface area contributed by atoms with Gasteiger partial charge in [-0.25, -0.2) is 4.39 Å². The van der Waals surface area contributed by atoms with Crippen LogP contribution in [0.3, 0.4) is 0 Å². The van der Waals surface area contributed by atoms with E-state index in [1.165, 1.54) is 24.3 Å². The molecule has 0 aliphatic carbocycles. The third kappa shape index (κ3) is 5.51. The molecule has 0 aliphatic heterocycles. The lowest BCUT2D eigenvalue weighted by molar-refractivity contribution is -0.115. The first-order chi connectivity index (χ1) is 11.4. The van der Waals surface area contributed by atoms with E-state index in [2.05, 4.69) is 38.7 Å². The van der Waals surface area contributed by atoms with E-state index in [1.54, 1.807) is 12.1 Å². The minimum atomic E-state index is -0.454. The number of benzene rings is 2. The molecule has 0 saturated carbocycles. The molecule has 0 bridgehead atoms. The maximum atomic E-state index is 12.8. The number of anilines is 1. The Morgan fingerprint density at radius 3 is 2.25 bits per heavy atom. The van der Waals surface area contributed by atoms with Crippen LogP contribution in [0.5, 0.6) is 0 Å². The average Bonchev–Trinajstić information content (AvgIpc) is 2.55. The number of hydrogen-bond donors (Lipinski definition) is 3. The summed E-state index contributed by atoms with van der Waals surface area (Å²) in [6.07, 6.45) is -0.0141. The second-order valence-corrected chi connectivity index (χ2v) is 5.84. The first-order valence-electron chi connectivity index (χ1n) is 6.99. The molecule has 2 rings (SSSR count). The van der Waals surface area contributed by atoms with Crippen molar-refractivity contribution in [3.05, 3.63) is 76.7 Å². The fraction of sp³-hybridized carbons (Fsp3) is 0.0588. The summed E-state index contributed by atoms with van der Waals surface area (Å²) >= 11 is 3.31. The van der Waals surface area contributed by atoms with E-state index in [-0.39, 0.29) is 17.9 Å². The molecule has 2 aromatic carbocycles. The Balaban J connectivity index is 1.78. The molecule has 0 saturated heterocycles. The van der Waals surface area contributed by atoms with Crippen molar-refractivity contribution in [2.75, 3.05) is 5.32 Å². The zero-order valence-electron chi connectivity index (χ0n) is 12.6. The molecule has 0 atom stereocenters. The van der Waals surface area contributed by atoms with E-state index >= 15 is 0 Å². The van der Waals surface area contributed by atoms with Crippen LogP contribution in [0.2, 0.25) is 0 Å². The Kier molecular flexibility index (Phi) is 6.08. The molecule has 0 radical (unpaired) electrons. The fourth-order valence-corrected chi connectivity index (χ4v) is 2.06. The number of rotatable bonds is 6. The summed E-state index contributed by atoms with van der Waals surface area (Å²) in [5.74, 6) is -1.15. The Morgan fingerprint density at radius 1 is 1.00 bits per heavy atom. The van der Waals surface area contributed by atoms with E-state index in [1.807, 2.05) is 12.1 Å². The van der Waals surface area contributed by atoms with Crippen molar-refractivity contribution in [3.8, 4) is 0 Å². The number of hydrogen-bond acceptors (Lipinski definition) is 3. The molecule has 5 nitrogen and oxygen atoms in total. The van der Waals surface area contributed by atoms with Crippen molar-refractivity contribution in [1.82, 2.24) is 10.9 Å². The lowest BCUT2D eigenvalue weighted by atomic mass is 10.2. The molecule has 2 aromatic rings. The topological polar surface area (TPSA) is 70.2 Å². The average molecular weight is 392 g/mol. The van der Waals surface area contributed by atoms with Gasteiger partial charge in [0.2, 0.25) is 5.91 Å². The maximum absolute atomic E-state index is 12.8. The van der Waals surface area contributed by atoms with Crippen LogP contribution in [0.1, 0.15) is 16.8 Å². The molecule has 0 heterocycles. The van der Waals surface area contributed by atoms with E-state index in [0.29, 0.717) is 11.4 Å². The molecule has 2 amide bonds. The normalized spacial score (nSPS) is 9.92. The van der Waals surface area contributed by atoms with Gasteiger partial charge < -0.3 is 10.7 Å². The molecule has 0 aromatic heterocycles. The summed E-state index contributed by atoms with van der Waals surface area (Å²) in [6, 6.07) is 12.2. The van der Waals surface area contributed by atoms with Gasteiger partial charge in [0, 0.05) is 21.4 Å². The molecule has 124 valence electrons. The van der Waals surface area contributed by atoms with Gasteiger partial charge in [-0.05, 0) is 48.5 Å². The van der Waals surface area contributed by atoms with Crippen molar-refractivity contribution >= 4 is 33.4 Å². The second kappa shape index (κ2) is 8.26. The smallest absolute Gasteiger partial charge is 0.269 e. The molecule has 0 spiro atoms. The van der Waals surface area contributed by atoms with Crippen LogP contribution >= 0.6 is 15.9 Å². The first-order valence-corrected chi connectivity index (χ1v) is 7.78.